The Labute approximate surface area is 174 Å². The zero-order valence-corrected chi connectivity index (χ0v) is 18.3. The summed E-state index contributed by atoms with van der Waals surface area (Å²) in [6.07, 6.45) is 7.87. The van der Waals surface area contributed by atoms with Gasteiger partial charge in [0.05, 0.1) is 17.9 Å². The predicted octanol–water partition coefficient (Wildman–Crippen LogP) is 4.05. The third kappa shape index (κ3) is 4.45. The fourth-order valence-corrected chi connectivity index (χ4v) is 5.22. The molecule has 5 heteroatoms. The number of allylic oxidation sites excluding steroid dienone is 3. The Morgan fingerprint density at radius 1 is 1.28 bits per heavy atom. The highest BCUT2D eigenvalue weighted by Gasteiger charge is 2.51. The molecule has 29 heavy (non-hydrogen) atoms. The number of hydrogen-bond donors (Lipinski definition) is 1. The molecule has 1 heterocycles. The van der Waals surface area contributed by atoms with E-state index < -0.39 is 12.0 Å². The average Bonchev–Trinajstić information content (AvgIpc) is 2.68. The maximum absolute atomic E-state index is 12.9. The van der Waals surface area contributed by atoms with Gasteiger partial charge in [0.25, 0.3) is 0 Å². The van der Waals surface area contributed by atoms with Crippen LogP contribution in [0.5, 0.6) is 0 Å². The molecule has 0 radical (unpaired) electrons. The molecule has 1 aliphatic heterocycles. The van der Waals surface area contributed by atoms with Gasteiger partial charge in [0.15, 0.2) is 0 Å². The molecule has 9 atom stereocenters. The van der Waals surface area contributed by atoms with Gasteiger partial charge in [0, 0.05) is 12.3 Å². The number of aliphatic hydroxyl groups is 1. The van der Waals surface area contributed by atoms with Crippen LogP contribution in [-0.2, 0) is 19.1 Å². The topological polar surface area (TPSA) is 72.8 Å². The van der Waals surface area contributed by atoms with Crippen molar-refractivity contribution in [1.29, 1.82) is 0 Å². The van der Waals surface area contributed by atoms with Gasteiger partial charge in [-0.05, 0) is 42.6 Å². The van der Waals surface area contributed by atoms with Crippen molar-refractivity contribution >= 4 is 11.9 Å². The van der Waals surface area contributed by atoms with E-state index in [-0.39, 0.29) is 47.8 Å². The number of hydrogen-bond acceptors (Lipinski definition) is 5. The Bertz CT molecular complexity index is 681. The van der Waals surface area contributed by atoms with E-state index in [0.29, 0.717) is 18.8 Å². The average molecular weight is 405 g/mol. The second-order valence-corrected chi connectivity index (χ2v) is 9.28. The minimum atomic E-state index is -0.730. The molecule has 0 amide bonds. The monoisotopic (exact) mass is 404 g/mol. The summed E-state index contributed by atoms with van der Waals surface area (Å²) in [6, 6.07) is 0. The number of cyclic esters (lactones) is 1. The third-order valence-electron chi connectivity index (χ3n) is 7.11. The molecule has 1 saturated heterocycles. The zero-order valence-electron chi connectivity index (χ0n) is 18.3. The van der Waals surface area contributed by atoms with Gasteiger partial charge in [-0.1, -0.05) is 52.8 Å². The van der Waals surface area contributed by atoms with Crippen LogP contribution >= 0.6 is 0 Å². The highest BCUT2D eigenvalue weighted by molar-refractivity contribution is 5.75. The summed E-state index contributed by atoms with van der Waals surface area (Å²) in [5, 5.41) is 10.9. The zero-order chi connectivity index (χ0) is 21.3. The molecule has 1 fully saturated rings. The minimum absolute atomic E-state index is 0.0840. The minimum Gasteiger partial charge on any atom is -0.462 e. The van der Waals surface area contributed by atoms with Crippen molar-refractivity contribution in [3.8, 4) is 0 Å². The summed E-state index contributed by atoms with van der Waals surface area (Å²) >= 11 is 0. The lowest BCUT2D eigenvalue weighted by atomic mass is 9.61. The second-order valence-electron chi connectivity index (χ2n) is 9.28. The first-order valence-corrected chi connectivity index (χ1v) is 11.3. The van der Waals surface area contributed by atoms with Crippen molar-refractivity contribution < 1.29 is 24.2 Å². The van der Waals surface area contributed by atoms with E-state index in [2.05, 4.69) is 32.1 Å². The van der Waals surface area contributed by atoms with E-state index in [1.54, 1.807) is 0 Å². The number of carbonyl (C=O) groups excluding carboxylic acids is 2. The first-order chi connectivity index (χ1) is 13.8. The molecule has 0 aromatic heterocycles. The van der Waals surface area contributed by atoms with Crippen LogP contribution in [-0.4, -0.2) is 35.4 Å². The predicted molar refractivity (Wildman–Crippen MR) is 111 cm³/mol. The Balaban J connectivity index is 1.93. The summed E-state index contributed by atoms with van der Waals surface area (Å²) in [7, 11) is 0. The lowest BCUT2D eigenvalue weighted by Crippen LogP contribution is -2.52. The van der Waals surface area contributed by atoms with Crippen molar-refractivity contribution in [3.05, 3.63) is 23.8 Å². The summed E-state index contributed by atoms with van der Waals surface area (Å²) < 4.78 is 11.7. The fraction of sp³-hybridized carbons (Fsp3) is 0.750. The Morgan fingerprint density at radius 3 is 2.62 bits per heavy atom. The maximum atomic E-state index is 12.9. The van der Waals surface area contributed by atoms with Gasteiger partial charge in [-0.3, -0.25) is 9.59 Å². The van der Waals surface area contributed by atoms with Gasteiger partial charge in [-0.15, -0.1) is 0 Å². The number of aliphatic hydroxyl groups excluding tert-OH is 1. The molecule has 0 bridgehead atoms. The van der Waals surface area contributed by atoms with Crippen LogP contribution in [0, 0.1) is 35.5 Å². The van der Waals surface area contributed by atoms with Crippen molar-refractivity contribution in [1.82, 2.24) is 0 Å². The van der Waals surface area contributed by atoms with Crippen LogP contribution in [0.2, 0.25) is 0 Å². The summed E-state index contributed by atoms with van der Waals surface area (Å²) in [5.41, 5.74) is 1.12. The lowest BCUT2D eigenvalue weighted by Gasteiger charge is -2.47. The Hall–Kier alpha value is -1.62. The molecule has 5 nitrogen and oxygen atoms in total. The van der Waals surface area contributed by atoms with Crippen LogP contribution in [0.15, 0.2) is 23.8 Å². The molecule has 162 valence electrons. The van der Waals surface area contributed by atoms with Gasteiger partial charge in [-0.25, -0.2) is 0 Å². The van der Waals surface area contributed by atoms with Gasteiger partial charge >= 0.3 is 11.9 Å². The van der Waals surface area contributed by atoms with Gasteiger partial charge < -0.3 is 14.6 Å². The first-order valence-electron chi connectivity index (χ1n) is 11.3. The van der Waals surface area contributed by atoms with Gasteiger partial charge in [0.1, 0.15) is 12.2 Å². The van der Waals surface area contributed by atoms with Crippen LogP contribution in [0.3, 0.4) is 0 Å². The van der Waals surface area contributed by atoms with E-state index in [4.69, 9.17) is 9.47 Å². The third-order valence-corrected chi connectivity index (χ3v) is 7.11. The Morgan fingerprint density at radius 2 is 2.00 bits per heavy atom. The van der Waals surface area contributed by atoms with Crippen LogP contribution in [0.25, 0.3) is 0 Å². The highest BCUT2D eigenvalue weighted by Crippen LogP contribution is 2.48. The largest absolute Gasteiger partial charge is 0.462 e. The molecule has 0 aromatic carbocycles. The van der Waals surface area contributed by atoms with Gasteiger partial charge in [0.2, 0.25) is 0 Å². The quantitative estimate of drug-likeness (QED) is 0.700. The van der Waals surface area contributed by atoms with Crippen LogP contribution < -0.4 is 0 Å². The number of ether oxygens (including phenoxy) is 2. The van der Waals surface area contributed by atoms with E-state index in [0.717, 1.165) is 18.4 Å². The molecule has 0 spiro atoms. The van der Waals surface area contributed by atoms with Crippen LogP contribution in [0.4, 0.5) is 0 Å². The van der Waals surface area contributed by atoms with Crippen molar-refractivity contribution in [2.24, 2.45) is 35.5 Å². The Kier molecular flexibility index (Phi) is 6.87. The van der Waals surface area contributed by atoms with Crippen molar-refractivity contribution in [2.45, 2.75) is 78.6 Å². The molecule has 3 aliphatic rings. The summed E-state index contributed by atoms with van der Waals surface area (Å²) in [5.74, 6) is -1.09. The SMILES string of the molecule is CCC1CC(O)C(C2C(C)C=CC3=CC(C)CC(OC(=O)C(C)CC)C32)C(=O)O1. The lowest BCUT2D eigenvalue weighted by molar-refractivity contribution is -0.179. The van der Waals surface area contributed by atoms with Gasteiger partial charge in [-0.2, -0.15) is 0 Å². The van der Waals surface area contributed by atoms with E-state index in [9.17, 15) is 14.7 Å². The number of carbonyl (C=O) groups is 2. The fourth-order valence-electron chi connectivity index (χ4n) is 5.22. The number of esters is 2. The summed E-state index contributed by atoms with van der Waals surface area (Å²) in [6.45, 7) is 10.0. The molecule has 2 aliphatic carbocycles. The first kappa shape index (κ1) is 22.1. The van der Waals surface area contributed by atoms with Crippen molar-refractivity contribution in [2.75, 3.05) is 0 Å². The summed E-state index contributed by atoms with van der Waals surface area (Å²) in [4.78, 5) is 25.5. The number of fused-ring (bicyclic) bond motifs is 1. The molecule has 0 aromatic rings. The molecule has 0 saturated carbocycles. The molecular weight excluding hydrogens is 368 g/mol. The van der Waals surface area contributed by atoms with E-state index in [1.165, 1.54) is 0 Å². The highest BCUT2D eigenvalue weighted by atomic mass is 16.6. The van der Waals surface area contributed by atoms with Crippen LogP contribution in [0.1, 0.15) is 60.3 Å². The molecule has 3 rings (SSSR count). The van der Waals surface area contributed by atoms with E-state index >= 15 is 0 Å². The van der Waals surface area contributed by atoms with Crippen molar-refractivity contribution in [3.63, 3.8) is 0 Å². The normalized spacial score (nSPS) is 40.5. The molecular formula is C24H36O5. The molecule has 9 unspecified atom stereocenters. The maximum Gasteiger partial charge on any atom is 0.312 e. The standard InChI is InChI=1S/C24H36O5/c1-6-14(4)23(26)29-19-11-13(3)10-16-9-8-15(5)20(21(16)19)22-18(25)12-17(7-2)28-24(22)27/h8-10,13-15,17-22,25H,6-7,11-12H2,1-5H3. The van der Waals surface area contributed by atoms with E-state index in [1.807, 2.05) is 20.8 Å². The second kappa shape index (κ2) is 9.03. The number of rotatable bonds is 5. The smallest absolute Gasteiger partial charge is 0.312 e. The molecule has 1 N–H and O–H groups in total.